The van der Waals surface area contributed by atoms with Crippen molar-refractivity contribution in [3.05, 3.63) is 16.5 Å². The summed E-state index contributed by atoms with van der Waals surface area (Å²) in [6.07, 6.45) is 1.90. The average Bonchev–Trinajstić information content (AvgIpc) is 2.88. The normalized spacial score (nSPS) is 21.6. The van der Waals surface area contributed by atoms with E-state index in [9.17, 15) is 8.42 Å². The number of nitrogens with one attached hydrogen (secondary N) is 1. The van der Waals surface area contributed by atoms with Gasteiger partial charge in [-0.05, 0) is 45.4 Å². The number of hydrogen-bond acceptors (Lipinski definition) is 4. The van der Waals surface area contributed by atoms with Crippen molar-refractivity contribution >= 4 is 21.4 Å². The summed E-state index contributed by atoms with van der Waals surface area (Å²) < 4.78 is 27.3. The van der Waals surface area contributed by atoms with Gasteiger partial charge in [0.05, 0.1) is 0 Å². The molecule has 1 atom stereocenters. The van der Waals surface area contributed by atoms with E-state index in [1.807, 2.05) is 20.9 Å². The number of thiophene rings is 1. The van der Waals surface area contributed by atoms with Crippen LogP contribution in [0.1, 0.15) is 23.3 Å². The first-order chi connectivity index (χ1) is 8.46. The summed E-state index contributed by atoms with van der Waals surface area (Å²) in [6.45, 7) is 5.29. The topological polar surface area (TPSA) is 49.4 Å². The third kappa shape index (κ3) is 2.47. The highest BCUT2D eigenvalue weighted by atomic mass is 32.2. The molecule has 0 radical (unpaired) electrons. The Labute approximate surface area is 113 Å². The van der Waals surface area contributed by atoms with Crippen LogP contribution in [0.5, 0.6) is 0 Å². The van der Waals surface area contributed by atoms with Crippen LogP contribution in [0.25, 0.3) is 0 Å². The molecule has 102 valence electrons. The average molecular weight is 288 g/mol. The van der Waals surface area contributed by atoms with Crippen molar-refractivity contribution in [2.75, 3.05) is 20.1 Å². The predicted molar refractivity (Wildman–Crippen MR) is 74.6 cm³/mol. The van der Waals surface area contributed by atoms with Crippen molar-refractivity contribution in [2.45, 2.75) is 36.9 Å². The predicted octanol–water partition coefficient (Wildman–Crippen LogP) is 1.74. The standard InChI is InChI=1S/C12H20N2O2S2/c1-9-7-12(17-10(9)2)18(15,16)14-6-4-5-11(14)8-13-3/h7,11,13H,4-6,8H2,1-3H3/t11-/m0/s1. The molecule has 4 nitrogen and oxygen atoms in total. The fraction of sp³-hybridized carbons (Fsp3) is 0.667. The molecule has 1 aromatic rings. The molecular formula is C12H20N2O2S2. The zero-order chi connectivity index (χ0) is 13.3. The second-order valence-corrected chi connectivity index (χ2v) is 8.15. The smallest absolute Gasteiger partial charge is 0.252 e. The van der Waals surface area contributed by atoms with E-state index in [0.29, 0.717) is 10.8 Å². The van der Waals surface area contributed by atoms with Crippen LogP contribution in [0.4, 0.5) is 0 Å². The van der Waals surface area contributed by atoms with Crippen molar-refractivity contribution in [3.63, 3.8) is 0 Å². The minimum atomic E-state index is -3.30. The Morgan fingerprint density at radius 2 is 2.22 bits per heavy atom. The minimum Gasteiger partial charge on any atom is -0.318 e. The Bertz CT molecular complexity index is 503. The minimum absolute atomic E-state index is 0.0997. The number of sulfonamides is 1. The van der Waals surface area contributed by atoms with Crippen molar-refractivity contribution in [1.82, 2.24) is 9.62 Å². The van der Waals surface area contributed by atoms with Crippen LogP contribution in [-0.4, -0.2) is 38.9 Å². The molecule has 0 bridgehead atoms. The van der Waals surface area contributed by atoms with E-state index >= 15 is 0 Å². The number of nitrogens with zero attached hydrogens (tertiary/aromatic N) is 1. The molecule has 1 aromatic heterocycles. The molecule has 18 heavy (non-hydrogen) atoms. The van der Waals surface area contributed by atoms with Crippen molar-refractivity contribution in [2.24, 2.45) is 0 Å². The van der Waals surface area contributed by atoms with Gasteiger partial charge in [0.2, 0.25) is 0 Å². The van der Waals surface area contributed by atoms with Crippen molar-refractivity contribution < 1.29 is 8.42 Å². The van der Waals surface area contributed by atoms with Crippen molar-refractivity contribution in [1.29, 1.82) is 0 Å². The van der Waals surface area contributed by atoms with Crippen LogP contribution in [-0.2, 0) is 10.0 Å². The molecular weight excluding hydrogens is 268 g/mol. The highest BCUT2D eigenvalue weighted by molar-refractivity contribution is 7.91. The Balaban J connectivity index is 2.30. The van der Waals surface area contributed by atoms with Gasteiger partial charge in [0.25, 0.3) is 10.0 Å². The lowest BCUT2D eigenvalue weighted by Gasteiger charge is -2.23. The third-order valence-corrected chi connectivity index (χ3v) is 7.02. The van der Waals surface area contributed by atoms with E-state index < -0.39 is 10.0 Å². The van der Waals surface area contributed by atoms with E-state index in [1.165, 1.54) is 11.3 Å². The molecule has 2 rings (SSSR count). The fourth-order valence-corrected chi connectivity index (χ4v) is 5.69. The molecule has 1 N–H and O–H groups in total. The maximum Gasteiger partial charge on any atom is 0.252 e. The Kier molecular flexibility index (Phi) is 4.11. The molecule has 0 saturated carbocycles. The molecule has 0 aromatic carbocycles. The van der Waals surface area contributed by atoms with Crippen LogP contribution < -0.4 is 5.32 Å². The summed E-state index contributed by atoms with van der Waals surface area (Å²) in [6, 6.07) is 1.90. The SMILES string of the molecule is CNC[C@@H]1CCCN1S(=O)(=O)c1cc(C)c(C)s1. The van der Waals surface area contributed by atoms with E-state index in [2.05, 4.69) is 5.32 Å². The Hall–Kier alpha value is -0.430. The molecule has 0 amide bonds. The summed E-state index contributed by atoms with van der Waals surface area (Å²) >= 11 is 1.38. The molecule has 0 spiro atoms. The zero-order valence-electron chi connectivity index (χ0n) is 11.1. The van der Waals surface area contributed by atoms with Crippen LogP contribution in [0.2, 0.25) is 0 Å². The van der Waals surface area contributed by atoms with Crippen LogP contribution in [0.15, 0.2) is 10.3 Å². The summed E-state index contributed by atoms with van der Waals surface area (Å²) in [5, 5.41) is 3.08. The number of rotatable bonds is 4. The maximum absolute atomic E-state index is 12.6. The van der Waals surface area contributed by atoms with E-state index in [0.717, 1.165) is 29.8 Å². The molecule has 1 fully saturated rings. The van der Waals surface area contributed by atoms with E-state index in [-0.39, 0.29) is 6.04 Å². The molecule has 0 unspecified atom stereocenters. The first-order valence-electron chi connectivity index (χ1n) is 6.20. The van der Waals surface area contributed by atoms with Gasteiger partial charge in [0.15, 0.2) is 0 Å². The largest absolute Gasteiger partial charge is 0.318 e. The van der Waals surface area contributed by atoms with Gasteiger partial charge in [-0.15, -0.1) is 11.3 Å². The van der Waals surface area contributed by atoms with Crippen molar-refractivity contribution in [3.8, 4) is 0 Å². The van der Waals surface area contributed by atoms with Crippen LogP contribution in [0, 0.1) is 13.8 Å². The second-order valence-electron chi connectivity index (χ2n) is 4.77. The van der Waals surface area contributed by atoms with Gasteiger partial charge < -0.3 is 5.32 Å². The number of likely N-dealkylation sites (N-methyl/N-ethyl adjacent to an activating group) is 1. The van der Waals surface area contributed by atoms with Crippen LogP contribution in [0.3, 0.4) is 0 Å². The first kappa shape index (κ1) is 14.0. The molecule has 0 aliphatic carbocycles. The summed E-state index contributed by atoms with van der Waals surface area (Å²) in [4.78, 5) is 1.08. The lowest BCUT2D eigenvalue weighted by molar-refractivity contribution is 0.380. The molecule has 2 heterocycles. The highest BCUT2D eigenvalue weighted by Crippen LogP contribution is 2.31. The highest BCUT2D eigenvalue weighted by Gasteiger charge is 2.35. The lowest BCUT2D eigenvalue weighted by atomic mass is 10.2. The second kappa shape index (κ2) is 5.28. The van der Waals surface area contributed by atoms with Gasteiger partial charge >= 0.3 is 0 Å². The van der Waals surface area contributed by atoms with Gasteiger partial charge in [-0.25, -0.2) is 8.42 Å². The summed E-state index contributed by atoms with van der Waals surface area (Å²) in [5.41, 5.74) is 1.06. The molecule has 1 saturated heterocycles. The van der Waals surface area contributed by atoms with Gasteiger partial charge in [0.1, 0.15) is 4.21 Å². The zero-order valence-corrected chi connectivity index (χ0v) is 12.7. The van der Waals surface area contributed by atoms with Gasteiger partial charge in [-0.1, -0.05) is 0 Å². The van der Waals surface area contributed by atoms with E-state index in [4.69, 9.17) is 0 Å². The summed E-state index contributed by atoms with van der Waals surface area (Å²) in [5.74, 6) is 0. The van der Waals surface area contributed by atoms with E-state index in [1.54, 1.807) is 10.4 Å². The molecule has 1 aliphatic heterocycles. The fourth-order valence-electron chi connectivity index (χ4n) is 2.35. The number of hydrogen-bond donors (Lipinski definition) is 1. The van der Waals surface area contributed by atoms with Gasteiger partial charge in [0, 0.05) is 24.0 Å². The molecule has 6 heteroatoms. The first-order valence-corrected chi connectivity index (χ1v) is 8.46. The Morgan fingerprint density at radius 3 is 2.78 bits per heavy atom. The monoisotopic (exact) mass is 288 g/mol. The van der Waals surface area contributed by atoms with Crippen LogP contribution >= 0.6 is 11.3 Å². The third-order valence-electron chi connectivity index (χ3n) is 3.47. The molecule has 1 aliphatic rings. The number of aryl methyl sites for hydroxylation is 2. The lowest BCUT2D eigenvalue weighted by Crippen LogP contribution is -2.40. The van der Waals surface area contributed by atoms with Gasteiger partial charge in [-0.2, -0.15) is 4.31 Å². The maximum atomic E-state index is 12.6. The summed E-state index contributed by atoms with van der Waals surface area (Å²) in [7, 11) is -1.44. The Morgan fingerprint density at radius 1 is 1.50 bits per heavy atom. The van der Waals surface area contributed by atoms with Gasteiger partial charge in [-0.3, -0.25) is 0 Å². The quantitative estimate of drug-likeness (QED) is 0.918.